The van der Waals surface area contributed by atoms with E-state index in [0.29, 0.717) is 10.7 Å². The lowest BCUT2D eigenvalue weighted by atomic mass is 10.1. The third kappa shape index (κ3) is 3.33. The molecule has 1 heterocycles. The number of benzene rings is 2. The summed E-state index contributed by atoms with van der Waals surface area (Å²) in [6.45, 7) is 0. The molecule has 1 aromatic heterocycles. The van der Waals surface area contributed by atoms with Gasteiger partial charge in [-0.2, -0.15) is 5.10 Å². The second-order valence-electron chi connectivity index (χ2n) is 5.01. The first-order valence-electron chi connectivity index (χ1n) is 7.06. The molecule has 0 radical (unpaired) electrons. The zero-order chi connectivity index (χ0) is 17.1. The summed E-state index contributed by atoms with van der Waals surface area (Å²) in [4.78, 5) is 12.3. The molecule has 7 heteroatoms. The van der Waals surface area contributed by atoms with Gasteiger partial charge in [-0.25, -0.2) is 0 Å². The predicted molar refractivity (Wildman–Crippen MR) is 91.6 cm³/mol. The number of carbonyl (C=O) groups is 1. The number of nitrogens with zero attached hydrogens (tertiary/aromatic N) is 1. The molecule has 1 amide bonds. The Hall–Kier alpha value is -2.99. The lowest BCUT2D eigenvalue weighted by Gasteiger charge is -2.06. The van der Waals surface area contributed by atoms with Crippen LogP contribution in [-0.4, -0.2) is 28.3 Å². The lowest BCUT2D eigenvalue weighted by Crippen LogP contribution is -2.12. The van der Waals surface area contributed by atoms with Crippen LogP contribution < -0.4 is 10.1 Å². The van der Waals surface area contributed by atoms with E-state index in [2.05, 4.69) is 15.5 Å². The van der Waals surface area contributed by atoms with Gasteiger partial charge in [0.2, 0.25) is 0 Å². The van der Waals surface area contributed by atoms with E-state index >= 15 is 0 Å². The minimum absolute atomic E-state index is 0.0670. The summed E-state index contributed by atoms with van der Waals surface area (Å²) in [5.41, 5.74) is 1.96. The Kier molecular flexibility index (Phi) is 4.39. The van der Waals surface area contributed by atoms with Gasteiger partial charge in [0.15, 0.2) is 0 Å². The maximum atomic E-state index is 12.3. The summed E-state index contributed by atoms with van der Waals surface area (Å²) in [7, 11) is 1.59. The molecule has 0 saturated heterocycles. The van der Waals surface area contributed by atoms with Crippen LogP contribution in [0.15, 0.2) is 48.5 Å². The Morgan fingerprint density at radius 3 is 2.67 bits per heavy atom. The Balaban J connectivity index is 1.79. The molecule has 0 atom stereocenters. The quantitative estimate of drug-likeness (QED) is 0.630. The summed E-state index contributed by atoms with van der Waals surface area (Å²) < 4.78 is 5.11. The van der Waals surface area contributed by atoms with Crippen molar-refractivity contribution in [1.82, 2.24) is 10.2 Å². The van der Waals surface area contributed by atoms with Crippen LogP contribution in [-0.2, 0) is 0 Å². The second kappa shape index (κ2) is 6.64. The van der Waals surface area contributed by atoms with Crippen LogP contribution in [0.1, 0.15) is 10.5 Å². The van der Waals surface area contributed by atoms with Gasteiger partial charge in [0.05, 0.1) is 18.5 Å². The number of rotatable bonds is 4. The maximum Gasteiger partial charge on any atom is 0.273 e. The summed E-state index contributed by atoms with van der Waals surface area (Å²) in [6.07, 6.45) is 0. The van der Waals surface area contributed by atoms with Crippen molar-refractivity contribution in [1.29, 1.82) is 0 Å². The first kappa shape index (κ1) is 15.9. The topological polar surface area (TPSA) is 87.2 Å². The number of nitrogens with one attached hydrogen (secondary N) is 2. The fourth-order valence-electron chi connectivity index (χ4n) is 2.15. The fraction of sp³-hybridized carbons (Fsp3) is 0.0588. The number of hydrogen-bond acceptors (Lipinski definition) is 4. The Bertz CT molecular complexity index is 875. The zero-order valence-corrected chi connectivity index (χ0v) is 13.5. The highest BCUT2D eigenvalue weighted by molar-refractivity contribution is 6.31. The molecule has 3 aromatic rings. The van der Waals surface area contributed by atoms with Gasteiger partial charge >= 0.3 is 0 Å². The third-order valence-corrected chi connectivity index (χ3v) is 3.65. The van der Waals surface area contributed by atoms with Crippen molar-refractivity contribution in [3.05, 3.63) is 59.2 Å². The molecule has 0 saturated carbocycles. The molecule has 3 rings (SSSR count). The minimum Gasteiger partial charge on any atom is -0.506 e. The van der Waals surface area contributed by atoms with Crippen molar-refractivity contribution in [3.63, 3.8) is 0 Å². The van der Waals surface area contributed by atoms with Crippen LogP contribution in [0.5, 0.6) is 11.5 Å². The van der Waals surface area contributed by atoms with Gasteiger partial charge in [-0.15, -0.1) is 0 Å². The number of methoxy groups -OCH3 is 1. The number of phenols is 1. The zero-order valence-electron chi connectivity index (χ0n) is 12.7. The molecule has 0 bridgehead atoms. The average molecular weight is 344 g/mol. The standard InChI is InChI=1S/C17H14ClN3O3/c1-24-12-5-2-10(3-6-12)13-9-15(21-20-13)17(23)19-14-8-11(18)4-7-16(14)22/h2-9,22H,1H3,(H,19,23)(H,20,21). The maximum absolute atomic E-state index is 12.3. The average Bonchev–Trinajstić information content (AvgIpc) is 3.08. The van der Waals surface area contributed by atoms with Gasteiger partial charge in [0, 0.05) is 10.6 Å². The van der Waals surface area contributed by atoms with Crippen LogP contribution in [0.2, 0.25) is 5.02 Å². The summed E-state index contributed by atoms with van der Waals surface area (Å²) in [6, 6.07) is 13.4. The Morgan fingerprint density at radius 1 is 1.21 bits per heavy atom. The molecule has 0 aliphatic heterocycles. The van der Waals surface area contributed by atoms with Crippen LogP contribution in [0.4, 0.5) is 5.69 Å². The Morgan fingerprint density at radius 2 is 1.96 bits per heavy atom. The molecule has 0 aliphatic carbocycles. The van der Waals surface area contributed by atoms with E-state index in [-0.39, 0.29) is 17.1 Å². The fourth-order valence-corrected chi connectivity index (χ4v) is 2.32. The number of carbonyl (C=O) groups excluding carboxylic acids is 1. The molecule has 3 N–H and O–H groups in total. The van der Waals surface area contributed by atoms with Gasteiger partial charge in [-0.05, 0) is 48.5 Å². The number of phenolic OH excluding ortho intramolecular Hbond substituents is 1. The highest BCUT2D eigenvalue weighted by Gasteiger charge is 2.13. The minimum atomic E-state index is -0.431. The number of amides is 1. The highest BCUT2D eigenvalue weighted by Crippen LogP contribution is 2.27. The van der Waals surface area contributed by atoms with Crippen molar-refractivity contribution in [2.24, 2.45) is 0 Å². The molecule has 0 aliphatic rings. The van der Waals surface area contributed by atoms with E-state index in [1.54, 1.807) is 13.2 Å². The second-order valence-corrected chi connectivity index (χ2v) is 5.45. The van der Waals surface area contributed by atoms with Crippen molar-refractivity contribution < 1.29 is 14.6 Å². The molecule has 0 unspecified atom stereocenters. The molecule has 6 nitrogen and oxygen atoms in total. The van der Waals surface area contributed by atoms with E-state index in [4.69, 9.17) is 16.3 Å². The summed E-state index contributed by atoms with van der Waals surface area (Å²) >= 11 is 5.86. The van der Waals surface area contributed by atoms with Crippen molar-refractivity contribution >= 4 is 23.2 Å². The van der Waals surface area contributed by atoms with Crippen LogP contribution in [0, 0.1) is 0 Å². The van der Waals surface area contributed by atoms with E-state index < -0.39 is 5.91 Å². The predicted octanol–water partition coefficient (Wildman–Crippen LogP) is 3.70. The highest BCUT2D eigenvalue weighted by atomic mass is 35.5. The summed E-state index contributed by atoms with van der Waals surface area (Å²) in [5, 5.41) is 19.6. The number of aromatic nitrogens is 2. The number of hydrogen-bond donors (Lipinski definition) is 3. The molecule has 122 valence electrons. The number of aromatic amines is 1. The lowest BCUT2D eigenvalue weighted by molar-refractivity contribution is 0.102. The number of aromatic hydroxyl groups is 1. The van der Waals surface area contributed by atoms with Crippen molar-refractivity contribution in [3.8, 4) is 22.8 Å². The van der Waals surface area contributed by atoms with Gasteiger partial charge in [-0.1, -0.05) is 11.6 Å². The van der Waals surface area contributed by atoms with Gasteiger partial charge in [0.1, 0.15) is 17.2 Å². The molecule has 0 fully saturated rings. The first-order chi connectivity index (χ1) is 11.6. The monoisotopic (exact) mass is 343 g/mol. The van der Waals surface area contributed by atoms with E-state index in [0.717, 1.165) is 11.3 Å². The van der Waals surface area contributed by atoms with Crippen LogP contribution in [0.25, 0.3) is 11.3 Å². The number of ether oxygens (including phenoxy) is 1. The molecule has 0 spiro atoms. The molecular weight excluding hydrogens is 330 g/mol. The van der Waals surface area contributed by atoms with Crippen LogP contribution in [0.3, 0.4) is 0 Å². The summed E-state index contributed by atoms with van der Waals surface area (Å²) in [5.74, 6) is 0.242. The van der Waals surface area contributed by atoms with Gasteiger partial charge in [-0.3, -0.25) is 9.89 Å². The van der Waals surface area contributed by atoms with Crippen LogP contribution >= 0.6 is 11.6 Å². The first-order valence-corrected chi connectivity index (χ1v) is 7.44. The van der Waals surface area contributed by atoms with Gasteiger partial charge < -0.3 is 15.2 Å². The normalized spacial score (nSPS) is 10.4. The number of halogens is 1. The number of anilines is 1. The van der Waals surface area contributed by atoms with Gasteiger partial charge in [0.25, 0.3) is 5.91 Å². The molecule has 24 heavy (non-hydrogen) atoms. The largest absolute Gasteiger partial charge is 0.506 e. The third-order valence-electron chi connectivity index (χ3n) is 3.42. The van der Waals surface area contributed by atoms with E-state index in [1.807, 2.05) is 24.3 Å². The Labute approximate surface area is 143 Å². The SMILES string of the molecule is COc1ccc(-c2cc(C(=O)Nc3cc(Cl)ccc3O)[nH]n2)cc1. The molecule has 2 aromatic carbocycles. The van der Waals surface area contributed by atoms with Crippen molar-refractivity contribution in [2.75, 3.05) is 12.4 Å². The van der Waals surface area contributed by atoms with E-state index in [9.17, 15) is 9.90 Å². The smallest absolute Gasteiger partial charge is 0.273 e. The molecular formula is C17H14ClN3O3. The van der Waals surface area contributed by atoms with Crippen molar-refractivity contribution in [2.45, 2.75) is 0 Å². The number of H-pyrrole nitrogens is 1. The van der Waals surface area contributed by atoms with E-state index in [1.165, 1.54) is 18.2 Å².